The van der Waals surface area contributed by atoms with E-state index < -0.39 is 4.92 Å². The first-order chi connectivity index (χ1) is 13.9. The number of hydrogen-bond donors (Lipinski definition) is 2. The molecule has 29 heavy (non-hydrogen) atoms. The largest absolute Gasteiger partial charge is 0.378 e. The molecule has 156 valence electrons. The summed E-state index contributed by atoms with van der Waals surface area (Å²) in [7, 11) is 0. The van der Waals surface area contributed by atoms with Crippen molar-refractivity contribution in [2.75, 3.05) is 35.6 Å². The normalized spacial score (nSPS) is 14.9. The molecule has 3 rings (SSSR count). The van der Waals surface area contributed by atoms with Crippen LogP contribution >= 0.6 is 0 Å². The lowest BCUT2D eigenvalue weighted by Gasteiger charge is -2.32. The molecule has 0 aliphatic carbocycles. The lowest BCUT2D eigenvalue weighted by Crippen LogP contribution is -2.35. The molecule has 0 radical (unpaired) electrons. The van der Waals surface area contributed by atoms with Crippen molar-refractivity contribution in [1.82, 2.24) is 9.97 Å². The number of nitro groups is 1. The standard InChI is InChI=1S/C21H30N6O2/c1-15(2)8-11-23-21-24-19(22)18(27(28)29)20(25-21)26-12-9-17(10-13-26)14-16-6-4-3-5-7-16/h3-7,15,17H,8-14H2,1-2H3,(H3,22,23,24,25). The number of benzene rings is 1. The number of nitrogens with two attached hydrogens (primary N) is 1. The van der Waals surface area contributed by atoms with E-state index in [-0.39, 0.29) is 11.5 Å². The molecule has 1 aliphatic rings. The molecule has 3 N–H and O–H groups in total. The van der Waals surface area contributed by atoms with Crippen LogP contribution in [0.5, 0.6) is 0 Å². The van der Waals surface area contributed by atoms with Crippen LogP contribution in [0.3, 0.4) is 0 Å². The highest BCUT2D eigenvalue weighted by Gasteiger charge is 2.30. The minimum Gasteiger partial charge on any atom is -0.378 e. The molecular weight excluding hydrogens is 368 g/mol. The van der Waals surface area contributed by atoms with Gasteiger partial charge in [-0.15, -0.1) is 0 Å². The number of rotatable bonds is 8. The van der Waals surface area contributed by atoms with Gasteiger partial charge in [-0.2, -0.15) is 9.97 Å². The summed E-state index contributed by atoms with van der Waals surface area (Å²) in [6.45, 7) is 6.42. The molecule has 0 saturated carbocycles. The van der Waals surface area contributed by atoms with Crippen molar-refractivity contribution in [3.05, 3.63) is 46.0 Å². The van der Waals surface area contributed by atoms with Crippen molar-refractivity contribution in [1.29, 1.82) is 0 Å². The third kappa shape index (κ3) is 5.56. The highest BCUT2D eigenvalue weighted by molar-refractivity contribution is 5.71. The minimum atomic E-state index is -0.474. The molecule has 1 saturated heterocycles. The average Bonchev–Trinajstić information content (AvgIpc) is 2.68. The quantitative estimate of drug-likeness (QED) is 0.513. The van der Waals surface area contributed by atoms with Gasteiger partial charge in [-0.1, -0.05) is 44.2 Å². The Morgan fingerprint density at radius 3 is 2.55 bits per heavy atom. The Morgan fingerprint density at radius 2 is 1.93 bits per heavy atom. The van der Waals surface area contributed by atoms with Gasteiger partial charge in [0.25, 0.3) is 0 Å². The second-order valence-corrected chi connectivity index (χ2v) is 8.09. The minimum absolute atomic E-state index is 0.0848. The fraction of sp³-hybridized carbons (Fsp3) is 0.524. The maximum atomic E-state index is 11.6. The molecule has 8 heteroatoms. The number of nitrogen functional groups attached to an aromatic ring is 1. The molecule has 1 fully saturated rings. The van der Waals surface area contributed by atoms with Crippen LogP contribution in [-0.4, -0.2) is 34.5 Å². The summed E-state index contributed by atoms with van der Waals surface area (Å²) in [4.78, 5) is 21.7. The van der Waals surface area contributed by atoms with Crippen LogP contribution in [0.15, 0.2) is 30.3 Å². The van der Waals surface area contributed by atoms with E-state index >= 15 is 0 Å². The second kappa shape index (κ2) is 9.54. The van der Waals surface area contributed by atoms with Crippen molar-refractivity contribution < 1.29 is 4.92 Å². The SMILES string of the molecule is CC(C)CCNc1nc(N)c([N+](=O)[O-])c(N2CCC(Cc3ccccc3)CC2)n1. The Bertz CT molecular complexity index is 819. The summed E-state index contributed by atoms with van der Waals surface area (Å²) >= 11 is 0. The van der Waals surface area contributed by atoms with E-state index in [1.165, 1.54) is 5.56 Å². The second-order valence-electron chi connectivity index (χ2n) is 8.09. The van der Waals surface area contributed by atoms with Gasteiger partial charge in [0, 0.05) is 19.6 Å². The Kier molecular flexibility index (Phi) is 6.85. The van der Waals surface area contributed by atoms with E-state index in [4.69, 9.17) is 5.73 Å². The summed E-state index contributed by atoms with van der Waals surface area (Å²) in [5.41, 5.74) is 7.07. The van der Waals surface area contributed by atoms with E-state index in [1.54, 1.807) is 0 Å². The Labute approximate surface area is 171 Å². The van der Waals surface area contributed by atoms with Crippen LogP contribution in [0.1, 0.15) is 38.7 Å². The average molecular weight is 399 g/mol. The first-order valence-electron chi connectivity index (χ1n) is 10.3. The Balaban J connectivity index is 1.71. The maximum absolute atomic E-state index is 11.6. The van der Waals surface area contributed by atoms with E-state index in [0.29, 0.717) is 30.1 Å². The van der Waals surface area contributed by atoms with Gasteiger partial charge in [0.2, 0.25) is 17.6 Å². The molecule has 0 unspecified atom stereocenters. The molecule has 8 nitrogen and oxygen atoms in total. The van der Waals surface area contributed by atoms with Crippen LogP contribution in [0.25, 0.3) is 0 Å². The fourth-order valence-electron chi connectivity index (χ4n) is 3.70. The van der Waals surface area contributed by atoms with Crippen molar-refractivity contribution in [3.8, 4) is 0 Å². The molecule has 1 aromatic carbocycles. The van der Waals surface area contributed by atoms with Gasteiger partial charge >= 0.3 is 5.69 Å². The van der Waals surface area contributed by atoms with Gasteiger partial charge in [-0.3, -0.25) is 10.1 Å². The summed E-state index contributed by atoms with van der Waals surface area (Å²) in [6.07, 6.45) is 3.92. The van der Waals surface area contributed by atoms with Crippen molar-refractivity contribution in [2.45, 2.75) is 39.5 Å². The maximum Gasteiger partial charge on any atom is 0.353 e. The molecule has 2 heterocycles. The van der Waals surface area contributed by atoms with Crippen LogP contribution in [0, 0.1) is 22.0 Å². The van der Waals surface area contributed by atoms with Crippen molar-refractivity contribution >= 4 is 23.3 Å². The lowest BCUT2D eigenvalue weighted by atomic mass is 9.90. The smallest absolute Gasteiger partial charge is 0.353 e. The molecular formula is C21H30N6O2. The van der Waals surface area contributed by atoms with Crippen molar-refractivity contribution in [2.24, 2.45) is 11.8 Å². The lowest BCUT2D eigenvalue weighted by molar-refractivity contribution is -0.383. The van der Waals surface area contributed by atoms with Crippen LogP contribution in [0.2, 0.25) is 0 Å². The van der Waals surface area contributed by atoms with E-state index in [2.05, 4.69) is 53.4 Å². The zero-order valence-electron chi connectivity index (χ0n) is 17.2. The highest BCUT2D eigenvalue weighted by Crippen LogP contribution is 2.34. The van der Waals surface area contributed by atoms with Crippen molar-refractivity contribution in [3.63, 3.8) is 0 Å². The Morgan fingerprint density at radius 1 is 1.24 bits per heavy atom. The number of piperidine rings is 1. The number of nitrogens with one attached hydrogen (secondary N) is 1. The molecule has 1 aliphatic heterocycles. The zero-order chi connectivity index (χ0) is 20.8. The van der Waals surface area contributed by atoms with E-state index in [9.17, 15) is 10.1 Å². The summed E-state index contributed by atoms with van der Waals surface area (Å²) in [5, 5.41) is 14.8. The van der Waals surface area contributed by atoms with E-state index in [1.807, 2.05) is 11.0 Å². The first-order valence-corrected chi connectivity index (χ1v) is 10.3. The van der Waals surface area contributed by atoms with Gasteiger partial charge in [0.05, 0.1) is 4.92 Å². The Hall–Kier alpha value is -2.90. The molecule has 2 aromatic rings. The molecule has 0 atom stereocenters. The molecule has 0 bridgehead atoms. The van der Waals surface area contributed by atoms with Gasteiger partial charge in [-0.05, 0) is 43.1 Å². The predicted molar refractivity (Wildman–Crippen MR) is 116 cm³/mol. The van der Waals surface area contributed by atoms with Gasteiger partial charge in [-0.25, -0.2) is 0 Å². The van der Waals surface area contributed by atoms with Crippen LogP contribution < -0.4 is 16.0 Å². The molecule has 1 aromatic heterocycles. The first kappa shape index (κ1) is 20.8. The molecule has 0 spiro atoms. The van der Waals surface area contributed by atoms with Gasteiger partial charge < -0.3 is 16.0 Å². The summed E-state index contributed by atoms with van der Waals surface area (Å²) < 4.78 is 0. The fourth-order valence-corrected chi connectivity index (χ4v) is 3.70. The third-order valence-corrected chi connectivity index (χ3v) is 5.36. The topological polar surface area (TPSA) is 110 Å². The number of nitrogens with zero attached hydrogens (tertiary/aromatic N) is 4. The highest BCUT2D eigenvalue weighted by atomic mass is 16.6. The van der Waals surface area contributed by atoms with Crippen LogP contribution in [-0.2, 0) is 6.42 Å². The number of hydrogen-bond acceptors (Lipinski definition) is 7. The predicted octanol–water partition coefficient (Wildman–Crippen LogP) is 3.88. The number of aromatic nitrogens is 2. The third-order valence-electron chi connectivity index (χ3n) is 5.36. The number of anilines is 3. The van der Waals surface area contributed by atoms with E-state index in [0.717, 1.165) is 38.8 Å². The monoisotopic (exact) mass is 398 g/mol. The van der Waals surface area contributed by atoms with Gasteiger partial charge in [0.15, 0.2) is 0 Å². The van der Waals surface area contributed by atoms with Crippen LogP contribution in [0.4, 0.5) is 23.3 Å². The summed E-state index contributed by atoms with van der Waals surface area (Å²) in [6, 6.07) is 10.4. The van der Waals surface area contributed by atoms with Gasteiger partial charge in [0.1, 0.15) is 0 Å². The zero-order valence-corrected chi connectivity index (χ0v) is 17.2. The summed E-state index contributed by atoms with van der Waals surface area (Å²) in [5.74, 6) is 1.71. The molecule has 0 amide bonds.